The predicted octanol–water partition coefficient (Wildman–Crippen LogP) is 2.69. The molecule has 128 valence electrons. The molecule has 0 saturated carbocycles. The average Bonchev–Trinajstić information content (AvgIpc) is 3.17. The normalized spacial score (nSPS) is 11.0. The number of aromatic nitrogens is 2. The van der Waals surface area contributed by atoms with Crippen LogP contribution in [-0.4, -0.2) is 24.4 Å². The van der Waals surface area contributed by atoms with Crippen molar-refractivity contribution >= 4 is 32.9 Å². The second kappa shape index (κ2) is 7.41. The summed E-state index contributed by atoms with van der Waals surface area (Å²) in [6.07, 6.45) is 4.74. The molecule has 0 spiro atoms. The molecular weight excluding hydrogens is 360 g/mol. The molecule has 0 radical (unpaired) electrons. The maximum absolute atomic E-state index is 12.3. The van der Waals surface area contributed by atoms with E-state index in [4.69, 9.17) is 0 Å². The Kier molecular flexibility index (Phi) is 5.05. The van der Waals surface area contributed by atoms with Gasteiger partial charge in [0.05, 0.1) is 4.90 Å². The molecule has 25 heavy (non-hydrogen) atoms. The third-order valence-electron chi connectivity index (χ3n) is 3.26. The Labute approximate surface area is 148 Å². The van der Waals surface area contributed by atoms with Gasteiger partial charge in [-0.1, -0.05) is 0 Å². The first-order valence-corrected chi connectivity index (χ1v) is 9.60. The van der Waals surface area contributed by atoms with Crippen molar-refractivity contribution < 1.29 is 13.2 Å². The molecule has 0 bridgehead atoms. The van der Waals surface area contributed by atoms with E-state index in [0.29, 0.717) is 12.2 Å². The van der Waals surface area contributed by atoms with Crippen molar-refractivity contribution in [3.05, 3.63) is 65.9 Å². The van der Waals surface area contributed by atoms with Gasteiger partial charge in [-0.25, -0.2) is 18.2 Å². The minimum Gasteiger partial charge on any atom is -0.334 e. The second-order valence-electron chi connectivity index (χ2n) is 4.99. The number of amides is 2. The lowest BCUT2D eigenvalue weighted by Crippen LogP contribution is -2.28. The van der Waals surface area contributed by atoms with Crippen molar-refractivity contribution in [2.24, 2.45) is 0 Å². The highest BCUT2D eigenvalue weighted by molar-refractivity contribution is 7.93. The molecule has 2 heterocycles. The van der Waals surface area contributed by atoms with Crippen LogP contribution in [0.4, 0.5) is 10.5 Å². The number of carbonyl (C=O) groups excluding carboxylic acids is 1. The van der Waals surface area contributed by atoms with Crippen molar-refractivity contribution in [3.8, 4) is 0 Å². The summed E-state index contributed by atoms with van der Waals surface area (Å²) >= 11 is 1.06. The van der Waals surface area contributed by atoms with Gasteiger partial charge in [-0.2, -0.15) is 0 Å². The third-order valence-corrected chi connectivity index (χ3v) is 6.23. The van der Waals surface area contributed by atoms with Crippen molar-refractivity contribution in [1.29, 1.82) is 0 Å². The van der Waals surface area contributed by atoms with Gasteiger partial charge in [0.15, 0.2) is 0 Å². The highest BCUT2D eigenvalue weighted by atomic mass is 32.2. The van der Waals surface area contributed by atoms with E-state index in [2.05, 4.69) is 20.6 Å². The van der Waals surface area contributed by atoms with E-state index < -0.39 is 9.84 Å². The summed E-state index contributed by atoms with van der Waals surface area (Å²) in [5.41, 5.74) is 1.42. The van der Waals surface area contributed by atoms with E-state index in [1.165, 1.54) is 30.5 Å². The van der Waals surface area contributed by atoms with Gasteiger partial charge in [-0.15, -0.1) is 11.3 Å². The summed E-state index contributed by atoms with van der Waals surface area (Å²) in [6.45, 7) is 0.366. The minimum atomic E-state index is -3.61. The largest absolute Gasteiger partial charge is 0.334 e. The molecule has 7 nitrogen and oxygen atoms in total. The third kappa shape index (κ3) is 4.20. The van der Waals surface area contributed by atoms with Crippen molar-refractivity contribution in [3.63, 3.8) is 0 Å². The SMILES string of the molecule is O=C(NCc1ccncc1)Nc1ccc(S(=O)(=O)c2nccs2)cc1. The maximum Gasteiger partial charge on any atom is 0.319 e. The topological polar surface area (TPSA) is 101 Å². The van der Waals surface area contributed by atoms with Crippen LogP contribution in [0.1, 0.15) is 5.56 Å². The van der Waals surface area contributed by atoms with Crippen LogP contribution < -0.4 is 10.6 Å². The second-order valence-corrected chi connectivity index (χ2v) is 8.01. The van der Waals surface area contributed by atoms with E-state index in [1.807, 2.05) is 0 Å². The average molecular weight is 374 g/mol. The van der Waals surface area contributed by atoms with E-state index in [9.17, 15) is 13.2 Å². The lowest BCUT2D eigenvalue weighted by atomic mass is 10.3. The number of nitrogens with zero attached hydrogens (tertiary/aromatic N) is 2. The minimum absolute atomic E-state index is 0.0447. The van der Waals surface area contributed by atoms with Gasteiger partial charge in [-0.05, 0) is 42.0 Å². The number of nitrogens with one attached hydrogen (secondary N) is 2. The van der Waals surface area contributed by atoms with Crippen LogP contribution in [0.5, 0.6) is 0 Å². The number of pyridine rings is 1. The fraction of sp³-hybridized carbons (Fsp3) is 0.0625. The molecule has 2 aromatic heterocycles. The summed E-state index contributed by atoms with van der Waals surface area (Å²) in [4.78, 5) is 19.8. The molecule has 0 atom stereocenters. The monoisotopic (exact) mass is 374 g/mol. The number of benzene rings is 1. The van der Waals surface area contributed by atoms with Crippen LogP contribution in [0, 0.1) is 0 Å². The van der Waals surface area contributed by atoms with Gasteiger partial charge in [-0.3, -0.25) is 4.98 Å². The Bertz CT molecular complexity index is 941. The quantitative estimate of drug-likeness (QED) is 0.715. The number of rotatable bonds is 5. The zero-order valence-corrected chi connectivity index (χ0v) is 14.5. The number of hydrogen-bond acceptors (Lipinski definition) is 6. The lowest BCUT2D eigenvalue weighted by Gasteiger charge is -2.08. The zero-order valence-electron chi connectivity index (χ0n) is 12.9. The van der Waals surface area contributed by atoms with Crippen LogP contribution in [0.2, 0.25) is 0 Å². The van der Waals surface area contributed by atoms with Gasteiger partial charge in [0.2, 0.25) is 14.2 Å². The summed E-state index contributed by atoms with van der Waals surface area (Å²) in [5.74, 6) is 0. The Balaban J connectivity index is 1.62. The number of thiazole rings is 1. The van der Waals surface area contributed by atoms with Gasteiger partial charge in [0, 0.05) is 36.2 Å². The number of hydrogen-bond donors (Lipinski definition) is 2. The highest BCUT2D eigenvalue weighted by Crippen LogP contribution is 2.23. The summed E-state index contributed by atoms with van der Waals surface area (Å²) < 4.78 is 24.7. The molecule has 1 aromatic carbocycles. The van der Waals surface area contributed by atoms with Crippen LogP contribution in [0.25, 0.3) is 0 Å². The van der Waals surface area contributed by atoms with E-state index in [0.717, 1.165) is 16.9 Å². The molecule has 3 aromatic rings. The summed E-state index contributed by atoms with van der Waals surface area (Å²) in [6, 6.07) is 9.17. The Morgan fingerprint density at radius 2 is 1.76 bits per heavy atom. The Hall–Kier alpha value is -2.78. The molecule has 3 rings (SSSR count). The van der Waals surface area contributed by atoms with Gasteiger partial charge in [0.25, 0.3) is 0 Å². The molecule has 0 aliphatic carbocycles. The molecule has 0 unspecified atom stereocenters. The first-order chi connectivity index (χ1) is 12.1. The highest BCUT2D eigenvalue weighted by Gasteiger charge is 2.20. The van der Waals surface area contributed by atoms with Crippen LogP contribution in [-0.2, 0) is 16.4 Å². The number of sulfone groups is 1. The molecule has 2 amide bonds. The molecule has 2 N–H and O–H groups in total. The fourth-order valence-corrected chi connectivity index (χ4v) is 4.24. The Morgan fingerprint density at radius 3 is 2.40 bits per heavy atom. The van der Waals surface area contributed by atoms with Gasteiger partial charge < -0.3 is 10.6 Å². The van der Waals surface area contributed by atoms with Crippen molar-refractivity contribution in [2.75, 3.05) is 5.32 Å². The first kappa shape index (κ1) is 17.1. The first-order valence-electron chi connectivity index (χ1n) is 7.24. The van der Waals surface area contributed by atoms with Gasteiger partial charge >= 0.3 is 6.03 Å². The standard InChI is InChI=1S/C16H14N4O3S2/c21-15(19-11-12-5-7-17-8-6-12)20-13-1-3-14(4-2-13)25(22,23)16-18-9-10-24-16/h1-10H,11H2,(H2,19,20,21). The number of anilines is 1. The van der Waals surface area contributed by atoms with E-state index in [-0.39, 0.29) is 15.3 Å². The van der Waals surface area contributed by atoms with E-state index >= 15 is 0 Å². The van der Waals surface area contributed by atoms with Crippen molar-refractivity contribution in [1.82, 2.24) is 15.3 Å². The Morgan fingerprint density at radius 1 is 1.04 bits per heavy atom. The van der Waals surface area contributed by atoms with Crippen LogP contribution >= 0.6 is 11.3 Å². The molecule has 0 aliphatic rings. The summed E-state index contributed by atoms with van der Waals surface area (Å²) in [7, 11) is -3.61. The molecule has 0 fully saturated rings. The molecule has 0 aliphatic heterocycles. The van der Waals surface area contributed by atoms with Crippen LogP contribution in [0.15, 0.2) is 69.6 Å². The van der Waals surface area contributed by atoms with Gasteiger partial charge in [0.1, 0.15) is 0 Å². The van der Waals surface area contributed by atoms with E-state index in [1.54, 1.807) is 29.9 Å². The summed E-state index contributed by atoms with van der Waals surface area (Å²) in [5, 5.41) is 6.97. The number of carbonyl (C=O) groups is 1. The van der Waals surface area contributed by atoms with Crippen molar-refractivity contribution in [2.45, 2.75) is 15.8 Å². The predicted molar refractivity (Wildman–Crippen MR) is 94.1 cm³/mol. The maximum atomic E-state index is 12.3. The lowest BCUT2D eigenvalue weighted by molar-refractivity contribution is 0.251. The fourth-order valence-electron chi connectivity index (χ4n) is 2.02. The molecule has 9 heteroatoms. The molecule has 0 saturated heterocycles. The molecular formula is C16H14N4O3S2. The van der Waals surface area contributed by atoms with Crippen LogP contribution in [0.3, 0.4) is 0 Å². The zero-order chi connectivity index (χ0) is 17.7. The number of urea groups is 1. The smallest absolute Gasteiger partial charge is 0.319 e.